The van der Waals surface area contributed by atoms with Crippen molar-refractivity contribution in [2.75, 3.05) is 5.73 Å². The zero-order chi connectivity index (χ0) is 20.8. The van der Waals surface area contributed by atoms with Crippen molar-refractivity contribution in [3.8, 4) is 0 Å². The lowest BCUT2D eigenvalue weighted by atomic mass is 10.0. The van der Waals surface area contributed by atoms with E-state index in [1.165, 1.54) is 6.07 Å². The van der Waals surface area contributed by atoms with Crippen LogP contribution < -0.4 is 11.1 Å². The van der Waals surface area contributed by atoms with Gasteiger partial charge in [-0.15, -0.1) is 5.10 Å². The summed E-state index contributed by atoms with van der Waals surface area (Å²) >= 11 is 0. The lowest BCUT2D eigenvalue weighted by molar-refractivity contribution is -0.141. The standard InChI is InChI=1S/C18H13F4N5O2/c19-13-4-14-9(11-6-29-7-12(11)16(23)25-14)3-10(13)17(28)24-5-8-1-2-15(27-26-8)18(20,21)22/h1-4H,5-7H2,(H2,23,25)(H,24,28). The smallest absolute Gasteiger partial charge is 0.383 e. The van der Waals surface area contributed by atoms with Crippen LogP contribution >= 0.6 is 0 Å². The number of amides is 1. The molecule has 1 aliphatic rings. The summed E-state index contributed by atoms with van der Waals surface area (Å²) in [7, 11) is 0. The van der Waals surface area contributed by atoms with Gasteiger partial charge in [-0.2, -0.15) is 18.3 Å². The molecule has 3 heterocycles. The molecule has 4 rings (SSSR count). The number of ether oxygens (including phenoxy) is 1. The second-order valence-corrected chi connectivity index (χ2v) is 6.39. The van der Waals surface area contributed by atoms with E-state index in [1.54, 1.807) is 0 Å². The van der Waals surface area contributed by atoms with Gasteiger partial charge in [-0.05, 0) is 23.8 Å². The van der Waals surface area contributed by atoms with Crippen LogP contribution in [0, 0.1) is 5.82 Å². The Morgan fingerprint density at radius 3 is 2.62 bits per heavy atom. The number of fused-ring (bicyclic) bond motifs is 3. The molecular formula is C18H13F4N5O2. The largest absolute Gasteiger partial charge is 0.435 e. The number of nitrogen functional groups attached to an aromatic ring is 1. The average molecular weight is 407 g/mol. The topological polar surface area (TPSA) is 103 Å². The maximum atomic E-state index is 14.4. The van der Waals surface area contributed by atoms with Crippen LogP contribution in [0.25, 0.3) is 10.9 Å². The van der Waals surface area contributed by atoms with Crippen molar-refractivity contribution in [2.45, 2.75) is 25.9 Å². The van der Waals surface area contributed by atoms with Gasteiger partial charge < -0.3 is 15.8 Å². The lowest BCUT2D eigenvalue weighted by Crippen LogP contribution is -2.25. The molecule has 0 atom stereocenters. The fraction of sp³-hybridized carbons (Fsp3) is 0.222. The first-order chi connectivity index (χ1) is 13.7. The van der Waals surface area contributed by atoms with Crippen molar-refractivity contribution in [3.63, 3.8) is 0 Å². The lowest BCUT2D eigenvalue weighted by Gasteiger charge is -2.10. The number of hydrogen-bond donors (Lipinski definition) is 2. The SMILES string of the molecule is Nc1nc2cc(F)c(C(=O)NCc3ccc(C(F)(F)F)nn3)cc2c2c1COC2. The van der Waals surface area contributed by atoms with E-state index in [0.29, 0.717) is 16.5 Å². The molecular weight excluding hydrogens is 394 g/mol. The molecule has 1 aromatic carbocycles. The molecule has 0 aliphatic carbocycles. The maximum absolute atomic E-state index is 14.4. The van der Waals surface area contributed by atoms with E-state index >= 15 is 0 Å². The molecule has 3 N–H and O–H groups in total. The maximum Gasteiger partial charge on any atom is 0.435 e. The molecule has 1 aliphatic heterocycles. The predicted octanol–water partition coefficient (Wildman–Crippen LogP) is 2.73. The fourth-order valence-electron chi connectivity index (χ4n) is 3.04. The molecule has 0 fully saturated rings. The van der Waals surface area contributed by atoms with Gasteiger partial charge in [0.25, 0.3) is 5.91 Å². The minimum Gasteiger partial charge on any atom is -0.383 e. The Balaban J connectivity index is 1.57. The van der Waals surface area contributed by atoms with Crippen LogP contribution in [-0.4, -0.2) is 21.1 Å². The Hall–Kier alpha value is -3.34. The second-order valence-electron chi connectivity index (χ2n) is 6.39. The van der Waals surface area contributed by atoms with Gasteiger partial charge >= 0.3 is 6.18 Å². The van der Waals surface area contributed by atoms with E-state index in [0.717, 1.165) is 23.8 Å². The van der Waals surface area contributed by atoms with Crippen molar-refractivity contribution in [1.82, 2.24) is 20.5 Å². The summed E-state index contributed by atoms with van der Waals surface area (Å²) in [6.07, 6.45) is -4.61. The molecule has 29 heavy (non-hydrogen) atoms. The monoisotopic (exact) mass is 407 g/mol. The highest BCUT2D eigenvalue weighted by molar-refractivity contribution is 5.99. The predicted molar refractivity (Wildman–Crippen MR) is 92.8 cm³/mol. The van der Waals surface area contributed by atoms with Gasteiger partial charge in [-0.1, -0.05) is 0 Å². The van der Waals surface area contributed by atoms with Gasteiger partial charge in [0.05, 0.1) is 36.5 Å². The normalized spacial score (nSPS) is 13.5. The number of alkyl halides is 3. The summed E-state index contributed by atoms with van der Waals surface area (Å²) in [4.78, 5) is 16.6. The summed E-state index contributed by atoms with van der Waals surface area (Å²) < 4.78 is 57.3. The fourth-order valence-corrected chi connectivity index (χ4v) is 3.04. The van der Waals surface area contributed by atoms with Gasteiger partial charge in [0.1, 0.15) is 11.6 Å². The first-order valence-corrected chi connectivity index (χ1v) is 8.40. The van der Waals surface area contributed by atoms with Crippen LogP contribution in [0.1, 0.15) is 32.9 Å². The number of nitrogens with zero attached hydrogens (tertiary/aromatic N) is 3. The van der Waals surface area contributed by atoms with Crippen molar-refractivity contribution in [1.29, 1.82) is 0 Å². The molecule has 0 saturated carbocycles. The van der Waals surface area contributed by atoms with Crippen LogP contribution in [-0.2, 0) is 30.7 Å². The molecule has 0 bridgehead atoms. The van der Waals surface area contributed by atoms with E-state index in [1.807, 2.05) is 0 Å². The highest BCUT2D eigenvalue weighted by Gasteiger charge is 2.32. The van der Waals surface area contributed by atoms with Gasteiger partial charge in [0.15, 0.2) is 5.69 Å². The zero-order valence-electron chi connectivity index (χ0n) is 14.7. The highest BCUT2D eigenvalue weighted by atomic mass is 19.4. The molecule has 0 radical (unpaired) electrons. The van der Waals surface area contributed by atoms with Crippen LogP contribution in [0.4, 0.5) is 23.4 Å². The highest BCUT2D eigenvalue weighted by Crippen LogP contribution is 2.32. The summed E-state index contributed by atoms with van der Waals surface area (Å²) in [6, 6.07) is 4.31. The number of aromatic nitrogens is 3. The number of carbonyl (C=O) groups is 1. The molecule has 1 amide bonds. The number of pyridine rings is 1. The third-order valence-electron chi connectivity index (χ3n) is 4.50. The van der Waals surface area contributed by atoms with Crippen LogP contribution in [0.15, 0.2) is 24.3 Å². The Bertz CT molecular complexity index is 1120. The number of halogens is 4. The van der Waals surface area contributed by atoms with Gasteiger partial charge in [0, 0.05) is 17.0 Å². The molecule has 0 saturated heterocycles. The van der Waals surface area contributed by atoms with E-state index < -0.39 is 23.6 Å². The minimum atomic E-state index is -4.61. The second kappa shape index (κ2) is 6.92. The van der Waals surface area contributed by atoms with Gasteiger partial charge in [0.2, 0.25) is 0 Å². The minimum absolute atomic E-state index is 0.0938. The summed E-state index contributed by atoms with van der Waals surface area (Å²) in [5, 5.41) is 9.46. The molecule has 0 unspecified atom stereocenters. The summed E-state index contributed by atoms with van der Waals surface area (Å²) in [6.45, 7) is 0.338. The zero-order valence-corrected chi connectivity index (χ0v) is 14.7. The van der Waals surface area contributed by atoms with Crippen molar-refractivity contribution in [3.05, 3.63) is 58.2 Å². The summed E-state index contributed by atoms with van der Waals surface area (Å²) in [5.41, 5.74) is 6.32. The van der Waals surface area contributed by atoms with Crippen molar-refractivity contribution >= 4 is 22.6 Å². The number of carbonyl (C=O) groups excluding carboxylic acids is 1. The van der Waals surface area contributed by atoms with Gasteiger partial charge in [-0.25, -0.2) is 9.37 Å². The average Bonchev–Trinajstić information content (AvgIpc) is 3.16. The number of nitrogens with two attached hydrogens (primary N) is 1. The molecule has 2 aromatic heterocycles. The van der Waals surface area contributed by atoms with E-state index in [9.17, 15) is 22.4 Å². The number of nitrogens with one attached hydrogen (secondary N) is 1. The first-order valence-electron chi connectivity index (χ1n) is 8.40. The Kier molecular flexibility index (Phi) is 4.53. The number of benzene rings is 1. The van der Waals surface area contributed by atoms with E-state index in [2.05, 4.69) is 20.5 Å². The van der Waals surface area contributed by atoms with Gasteiger partial charge in [-0.3, -0.25) is 4.79 Å². The molecule has 0 spiro atoms. The van der Waals surface area contributed by atoms with Crippen molar-refractivity contribution in [2.24, 2.45) is 0 Å². The van der Waals surface area contributed by atoms with Crippen LogP contribution in [0.2, 0.25) is 0 Å². The summed E-state index contributed by atoms with van der Waals surface area (Å²) in [5.74, 6) is -1.31. The quantitative estimate of drug-likeness (QED) is 0.648. The third kappa shape index (κ3) is 3.56. The van der Waals surface area contributed by atoms with Crippen LogP contribution in [0.5, 0.6) is 0 Å². The Morgan fingerprint density at radius 1 is 1.17 bits per heavy atom. The molecule has 11 heteroatoms. The molecule has 150 valence electrons. The van der Waals surface area contributed by atoms with Crippen molar-refractivity contribution < 1.29 is 27.1 Å². The van der Waals surface area contributed by atoms with E-state index in [4.69, 9.17) is 10.5 Å². The first kappa shape index (κ1) is 19.0. The number of anilines is 1. The van der Waals surface area contributed by atoms with Crippen LogP contribution in [0.3, 0.4) is 0 Å². The number of hydrogen-bond acceptors (Lipinski definition) is 6. The van der Waals surface area contributed by atoms with E-state index in [-0.39, 0.29) is 36.8 Å². The Labute approximate surface area is 160 Å². The molecule has 3 aromatic rings. The number of rotatable bonds is 3. The molecule has 7 nitrogen and oxygen atoms in total. The third-order valence-corrected chi connectivity index (χ3v) is 4.50. The Morgan fingerprint density at radius 2 is 1.93 bits per heavy atom.